The molecule has 0 amide bonds. The van der Waals surface area contributed by atoms with E-state index in [1.807, 2.05) is 6.92 Å². The molecule has 0 fully saturated rings. The van der Waals surface area contributed by atoms with Crippen molar-refractivity contribution >= 4 is 5.97 Å². The van der Waals surface area contributed by atoms with E-state index >= 15 is 0 Å². The summed E-state index contributed by atoms with van der Waals surface area (Å²) < 4.78 is 0. The molecule has 1 heterocycles. The third-order valence-corrected chi connectivity index (χ3v) is 1.85. The summed E-state index contributed by atoms with van der Waals surface area (Å²) in [6, 6.07) is 3.06. The fourth-order valence-electron chi connectivity index (χ4n) is 0.960. The van der Waals surface area contributed by atoms with Crippen molar-refractivity contribution in [2.45, 2.75) is 19.4 Å². The predicted octanol–water partition coefficient (Wildman–Crippen LogP) is 1.19. The Kier molecular flexibility index (Phi) is 2.97. The number of nitrogens with two attached hydrogens (primary N) is 1. The molecule has 0 aromatic carbocycles. The standard InChI is InChI=1S/C9H12N2O2/c1-2-7(10)8-4-3-6(5-11-8)9(12)13/h3-5,7H,2,10H2,1H3,(H,12,13)/t7-/m1/s1. The van der Waals surface area contributed by atoms with Crippen LogP contribution in [0.25, 0.3) is 0 Å². The van der Waals surface area contributed by atoms with Gasteiger partial charge in [0.1, 0.15) is 0 Å². The highest BCUT2D eigenvalue weighted by atomic mass is 16.4. The van der Waals surface area contributed by atoms with E-state index in [0.29, 0.717) is 0 Å². The number of rotatable bonds is 3. The Labute approximate surface area is 76.4 Å². The highest BCUT2D eigenvalue weighted by Crippen LogP contribution is 2.10. The summed E-state index contributed by atoms with van der Waals surface area (Å²) in [5.41, 5.74) is 6.63. The van der Waals surface area contributed by atoms with E-state index in [1.165, 1.54) is 12.3 Å². The highest BCUT2D eigenvalue weighted by molar-refractivity contribution is 5.87. The highest BCUT2D eigenvalue weighted by Gasteiger charge is 2.06. The lowest BCUT2D eigenvalue weighted by atomic mass is 10.1. The van der Waals surface area contributed by atoms with Gasteiger partial charge in [0.2, 0.25) is 0 Å². The summed E-state index contributed by atoms with van der Waals surface area (Å²) in [5, 5.41) is 8.60. The van der Waals surface area contributed by atoms with Crippen LogP contribution in [0, 0.1) is 0 Å². The largest absolute Gasteiger partial charge is 0.478 e. The molecule has 1 aromatic rings. The minimum atomic E-state index is -0.968. The lowest BCUT2D eigenvalue weighted by Crippen LogP contribution is -2.11. The summed E-state index contributed by atoms with van der Waals surface area (Å²) in [4.78, 5) is 14.4. The molecule has 0 aliphatic heterocycles. The average molecular weight is 180 g/mol. The van der Waals surface area contributed by atoms with Gasteiger partial charge < -0.3 is 10.8 Å². The molecule has 0 spiro atoms. The average Bonchev–Trinajstić information content (AvgIpc) is 2.17. The molecule has 1 atom stereocenters. The lowest BCUT2D eigenvalue weighted by molar-refractivity contribution is 0.0696. The van der Waals surface area contributed by atoms with Crippen molar-refractivity contribution in [2.75, 3.05) is 0 Å². The van der Waals surface area contributed by atoms with Crippen LogP contribution >= 0.6 is 0 Å². The second kappa shape index (κ2) is 4.00. The van der Waals surface area contributed by atoms with Crippen LogP contribution < -0.4 is 5.73 Å². The maximum atomic E-state index is 10.5. The molecule has 0 saturated carbocycles. The van der Waals surface area contributed by atoms with Crippen molar-refractivity contribution < 1.29 is 9.90 Å². The molecule has 0 aliphatic carbocycles. The molecule has 13 heavy (non-hydrogen) atoms. The van der Waals surface area contributed by atoms with E-state index in [0.717, 1.165) is 12.1 Å². The smallest absolute Gasteiger partial charge is 0.337 e. The number of hydrogen-bond donors (Lipinski definition) is 2. The van der Waals surface area contributed by atoms with Gasteiger partial charge in [0.15, 0.2) is 0 Å². The summed E-state index contributed by atoms with van der Waals surface area (Å²) in [7, 11) is 0. The van der Waals surface area contributed by atoms with Crippen molar-refractivity contribution in [1.82, 2.24) is 4.98 Å². The first kappa shape index (κ1) is 9.67. The molecule has 3 N–H and O–H groups in total. The molecule has 0 unspecified atom stereocenters. The van der Waals surface area contributed by atoms with Gasteiger partial charge in [-0.3, -0.25) is 4.98 Å². The number of carboxylic acid groups (broad SMARTS) is 1. The third-order valence-electron chi connectivity index (χ3n) is 1.85. The first-order valence-corrected chi connectivity index (χ1v) is 4.10. The van der Waals surface area contributed by atoms with Gasteiger partial charge in [-0.05, 0) is 18.6 Å². The summed E-state index contributed by atoms with van der Waals surface area (Å²) in [5.74, 6) is -0.968. The zero-order valence-electron chi connectivity index (χ0n) is 7.40. The van der Waals surface area contributed by atoms with Gasteiger partial charge in [-0.25, -0.2) is 4.79 Å². The number of carboxylic acids is 1. The van der Waals surface area contributed by atoms with Crippen LogP contribution in [0.4, 0.5) is 0 Å². The fourth-order valence-corrected chi connectivity index (χ4v) is 0.960. The summed E-state index contributed by atoms with van der Waals surface area (Å²) >= 11 is 0. The van der Waals surface area contributed by atoms with E-state index in [4.69, 9.17) is 10.8 Å². The van der Waals surface area contributed by atoms with Gasteiger partial charge in [-0.2, -0.15) is 0 Å². The Morgan fingerprint density at radius 2 is 2.38 bits per heavy atom. The summed E-state index contributed by atoms with van der Waals surface area (Å²) in [6.07, 6.45) is 2.12. The van der Waals surface area contributed by atoms with Gasteiger partial charge in [-0.1, -0.05) is 6.92 Å². The van der Waals surface area contributed by atoms with Crippen LogP contribution in [-0.4, -0.2) is 16.1 Å². The van der Waals surface area contributed by atoms with Gasteiger partial charge in [0.25, 0.3) is 0 Å². The van der Waals surface area contributed by atoms with Gasteiger partial charge in [0.05, 0.1) is 11.3 Å². The van der Waals surface area contributed by atoms with E-state index in [9.17, 15) is 4.79 Å². The zero-order chi connectivity index (χ0) is 9.84. The first-order valence-electron chi connectivity index (χ1n) is 4.10. The SMILES string of the molecule is CC[C@@H](N)c1ccc(C(=O)O)cn1. The fraction of sp³-hybridized carbons (Fsp3) is 0.333. The van der Waals surface area contributed by atoms with E-state index in [1.54, 1.807) is 6.07 Å². The Hall–Kier alpha value is -1.42. The van der Waals surface area contributed by atoms with Crippen molar-refractivity contribution in [3.05, 3.63) is 29.6 Å². The van der Waals surface area contributed by atoms with Crippen molar-refractivity contribution in [1.29, 1.82) is 0 Å². The van der Waals surface area contributed by atoms with E-state index in [2.05, 4.69) is 4.98 Å². The second-order valence-corrected chi connectivity index (χ2v) is 2.79. The minimum absolute atomic E-state index is 0.108. The molecule has 0 radical (unpaired) electrons. The number of pyridine rings is 1. The topological polar surface area (TPSA) is 76.2 Å². The van der Waals surface area contributed by atoms with Crippen LogP contribution in [0.3, 0.4) is 0 Å². The predicted molar refractivity (Wildman–Crippen MR) is 48.4 cm³/mol. The van der Waals surface area contributed by atoms with E-state index < -0.39 is 5.97 Å². The number of aromatic carboxylic acids is 1. The van der Waals surface area contributed by atoms with Crippen LogP contribution in [-0.2, 0) is 0 Å². The van der Waals surface area contributed by atoms with Crippen LogP contribution in [0.15, 0.2) is 18.3 Å². The molecule has 70 valence electrons. The normalized spacial score (nSPS) is 12.5. The Morgan fingerprint density at radius 1 is 1.69 bits per heavy atom. The van der Waals surface area contributed by atoms with Crippen molar-refractivity contribution in [3.63, 3.8) is 0 Å². The maximum Gasteiger partial charge on any atom is 0.337 e. The Bertz CT molecular complexity index is 295. The van der Waals surface area contributed by atoms with Gasteiger partial charge in [-0.15, -0.1) is 0 Å². The summed E-state index contributed by atoms with van der Waals surface area (Å²) in [6.45, 7) is 1.96. The maximum absolute atomic E-state index is 10.5. The van der Waals surface area contributed by atoms with Gasteiger partial charge in [0, 0.05) is 12.2 Å². The zero-order valence-corrected chi connectivity index (χ0v) is 7.40. The van der Waals surface area contributed by atoms with Crippen LogP contribution in [0.1, 0.15) is 35.4 Å². The first-order chi connectivity index (χ1) is 6.15. The van der Waals surface area contributed by atoms with Crippen LogP contribution in [0.2, 0.25) is 0 Å². The van der Waals surface area contributed by atoms with Crippen LogP contribution in [0.5, 0.6) is 0 Å². The molecule has 0 saturated heterocycles. The third kappa shape index (κ3) is 2.26. The monoisotopic (exact) mass is 180 g/mol. The number of aromatic nitrogens is 1. The molecular formula is C9H12N2O2. The quantitative estimate of drug-likeness (QED) is 0.732. The molecule has 4 heteroatoms. The van der Waals surface area contributed by atoms with Crippen molar-refractivity contribution in [3.8, 4) is 0 Å². The minimum Gasteiger partial charge on any atom is -0.478 e. The number of nitrogens with zero attached hydrogens (tertiary/aromatic N) is 1. The lowest BCUT2D eigenvalue weighted by Gasteiger charge is -2.07. The molecular weight excluding hydrogens is 168 g/mol. The molecule has 0 bridgehead atoms. The van der Waals surface area contributed by atoms with E-state index in [-0.39, 0.29) is 11.6 Å². The molecule has 1 aromatic heterocycles. The van der Waals surface area contributed by atoms with Gasteiger partial charge >= 0.3 is 5.97 Å². The van der Waals surface area contributed by atoms with Crippen molar-refractivity contribution in [2.24, 2.45) is 5.73 Å². The number of carbonyl (C=O) groups is 1. The Morgan fingerprint density at radius 3 is 2.77 bits per heavy atom. The Balaban J connectivity index is 2.87. The molecule has 4 nitrogen and oxygen atoms in total. The molecule has 0 aliphatic rings. The molecule has 1 rings (SSSR count). The second-order valence-electron chi connectivity index (χ2n) is 2.79. The number of hydrogen-bond acceptors (Lipinski definition) is 3.